The number of fused-ring (bicyclic) bond motifs is 1. The van der Waals surface area contributed by atoms with Gasteiger partial charge in [-0.05, 0) is 11.1 Å². The van der Waals surface area contributed by atoms with Crippen molar-refractivity contribution in [1.29, 1.82) is 0 Å². The molecule has 6 N–H and O–H groups in total. The van der Waals surface area contributed by atoms with Crippen LogP contribution in [0.25, 0.3) is 5.57 Å². The summed E-state index contributed by atoms with van der Waals surface area (Å²) < 4.78 is 22.3. The van der Waals surface area contributed by atoms with E-state index >= 15 is 0 Å². The fourth-order valence-corrected chi connectivity index (χ4v) is 4.73. The summed E-state index contributed by atoms with van der Waals surface area (Å²) in [5, 5.41) is 59.4. The van der Waals surface area contributed by atoms with Crippen LogP contribution in [-0.4, -0.2) is 92.3 Å². The van der Waals surface area contributed by atoms with Crippen LogP contribution in [0.15, 0.2) is 60.6 Å². The van der Waals surface area contributed by atoms with E-state index in [4.69, 9.17) is 18.9 Å². The minimum atomic E-state index is -1.68. The second-order valence-electron chi connectivity index (χ2n) is 8.88. The summed E-state index contributed by atoms with van der Waals surface area (Å²) in [6, 6.07) is 8.17. The number of carbonyl (C=O) groups is 2. The lowest BCUT2D eigenvalue weighted by Crippen LogP contribution is -2.60. The van der Waals surface area contributed by atoms with Crippen LogP contribution in [0.1, 0.15) is 12.0 Å². The largest absolute Gasteiger partial charge is 0.502 e. The van der Waals surface area contributed by atoms with E-state index in [1.165, 1.54) is 12.3 Å². The molecule has 0 radical (unpaired) electrons. The molecule has 37 heavy (non-hydrogen) atoms. The van der Waals surface area contributed by atoms with E-state index in [9.17, 15) is 40.2 Å². The fraction of sp³-hybridized carbons (Fsp3) is 0.440. The predicted octanol–water partition coefficient (Wildman–Crippen LogP) is -0.169. The van der Waals surface area contributed by atoms with E-state index in [-0.39, 0.29) is 12.0 Å². The molecule has 4 rings (SSSR count). The van der Waals surface area contributed by atoms with Crippen molar-refractivity contribution < 1.29 is 59.2 Å². The molecule has 12 heteroatoms. The summed E-state index contributed by atoms with van der Waals surface area (Å²) in [7, 11) is 0. The first-order valence-corrected chi connectivity index (χ1v) is 11.5. The molecule has 1 aromatic rings. The number of benzene rings is 1. The molecule has 12 nitrogen and oxygen atoms in total. The number of esters is 1. The first-order valence-electron chi connectivity index (χ1n) is 11.5. The molecular weight excluding hydrogens is 492 g/mol. The fourth-order valence-electron chi connectivity index (χ4n) is 4.73. The van der Waals surface area contributed by atoms with Crippen LogP contribution in [-0.2, 0) is 28.5 Å². The zero-order chi connectivity index (χ0) is 26.9. The summed E-state index contributed by atoms with van der Waals surface area (Å²) >= 11 is 0. The molecule has 9 atom stereocenters. The SMILES string of the molecule is C=C[C@H]1[C@H](O[C@@H]2O[C@H](CO)[C@@H](O)[C@H](O)[C@H]2O)OC=C2C[C@@H](/C(=C(/O)C(=O)O)c3ccccc3)OC(=O)[C@@H]21. The van der Waals surface area contributed by atoms with E-state index < -0.39 is 79.2 Å². The second kappa shape index (κ2) is 11.0. The van der Waals surface area contributed by atoms with Gasteiger partial charge in [-0.3, -0.25) is 4.79 Å². The Balaban J connectivity index is 1.58. The Morgan fingerprint density at radius 3 is 2.41 bits per heavy atom. The summed E-state index contributed by atoms with van der Waals surface area (Å²) in [5.41, 5.74) is 0.724. The van der Waals surface area contributed by atoms with Gasteiger partial charge in [0, 0.05) is 12.0 Å². The van der Waals surface area contributed by atoms with Gasteiger partial charge in [0.2, 0.25) is 12.0 Å². The molecule has 3 heterocycles. The van der Waals surface area contributed by atoms with Gasteiger partial charge in [0.15, 0.2) is 6.29 Å². The molecule has 3 aliphatic rings. The van der Waals surface area contributed by atoms with Gasteiger partial charge in [0.1, 0.15) is 30.5 Å². The number of hydrogen-bond donors (Lipinski definition) is 6. The molecule has 200 valence electrons. The van der Waals surface area contributed by atoms with E-state index in [1.807, 2.05) is 0 Å². The highest BCUT2D eigenvalue weighted by Crippen LogP contribution is 2.43. The Morgan fingerprint density at radius 2 is 1.78 bits per heavy atom. The number of cyclic esters (lactones) is 1. The van der Waals surface area contributed by atoms with Gasteiger partial charge >= 0.3 is 11.9 Å². The normalized spacial score (nSPS) is 36.3. The Hall–Kier alpha value is -3.26. The highest BCUT2D eigenvalue weighted by molar-refractivity contribution is 5.95. The number of rotatable bonds is 7. The van der Waals surface area contributed by atoms with E-state index in [1.54, 1.807) is 30.3 Å². The number of aliphatic hydroxyl groups excluding tert-OH is 5. The molecule has 0 aromatic heterocycles. The molecule has 0 saturated carbocycles. The highest BCUT2D eigenvalue weighted by Gasteiger charge is 2.50. The van der Waals surface area contributed by atoms with Gasteiger partial charge in [-0.1, -0.05) is 36.4 Å². The van der Waals surface area contributed by atoms with Crippen molar-refractivity contribution in [2.24, 2.45) is 11.8 Å². The third-order valence-corrected chi connectivity index (χ3v) is 6.64. The first-order chi connectivity index (χ1) is 17.7. The van der Waals surface area contributed by atoms with Crippen LogP contribution >= 0.6 is 0 Å². The van der Waals surface area contributed by atoms with Crippen LogP contribution in [0.2, 0.25) is 0 Å². The maximum Gasteiger partial charge on any atom is 0.371 e. The quantitative estimate of drug-likeness (QED) is 0.121. The predicted molar refractivity (Wildman–Crippen MR) is 123 cm³/mol. The van der Waals surface area contributed by atoms with Crippen LogP contribution in [0.5, 0.6) is 0 Å². The van der Waals surface area contributed by atoms with Crippen LogP contribution in [0, 0.1) is 11.8 Å². The average molecular weight is 520 g/mol. The van der Waals surface area contributed by atoms with Crippen molar-refractivity contribution in [3.8, 4) is 0 Å². The molecule has 1 aromatic carbocycles. The summed E-state index contributed by atoms with van der Waals surface area (Å²) in [6.07, 6.45) is -7.34. The third-order valence-electron chi connectivity index (χ3n) is 6.64. The highest BCUT2D eigenvalue weighted by atomic mass is 16.8. The summed E-state index contributed by atoms with van der Waals surface area (Å²) in [6.45, 7) is 3.08. The van der Waals surface area contributed by atoms with Gasteiger partial charge in [0.25, 0.3) is 0 Å². The van der Waals surface area contributed by atoms with E-state index in [0.29, 0.717) is 11.1 Å². The molecule has 2 fully saturated rings. The van der Waals surface area contributed by atoms with Crippen LogP contribution in [0.4, 0.5) is 0 Å². The van der Waals surface area contributed by atoms with Crippen molar-refractivity contribution in [2.75, 3.05) is 6.61 Å². The van der Waals surface area contributed by atoms with Gasteiger partial charge in [0.05, 0.1) is 24.7 Å². The molecule has 0 amide bonds. The van der Waals surface area contributed by atoms with Crippen molar-refractivity contribution in [1.82, 2.24) is 0 Å². The Labute approximate surface area is 211 Å². The average Bonchev–Trinajstić information content (AvgIpc) is 2.89. The van der Waals surface area contributed by atoms with E-state index in [2.05, 4.69) is 6.58 Å². The van der Waals surface area contributed by atoms with Crippen molar-refractivity contribution in [3.05, 3.63) is 66.1 Å². The standard InChI is InChI=1S/C25H28O12/c1-2-13-16-12(10-34-24(13)37-25-21(30)20(29)18(27)15(9-26)36-25)8-14(35-23(16)33)17(19(28)22(31)32)11-6-4-3-5-7-11/h2-7,10,13-16,18,20-21,24-30H,1,8-9H2,(H,31,32)/b19-17+/t13-,14+,15-,16+,18-,20+,21-,24+,25+/m1/s1. The Kier molecular flexibility index (Phi) is 7.97. The topological polar surface area (TPSA) is 192 Å². The van der Waals surface area contributed by atoms with Crippen molar-refractivity contribution in [2.45, 2.75) is 49.5 Å². The van der Waals surface area contributed by atoms with Gasteiger partial charge in [-0.2, -0.15) is 0 Å². The van der Waals surface area contributed by atoms with Crippen LogP contribution < -0.4 is 0 Å². The number of aliphatic hydroxyl groups is 5. The third kappa shape index (κ3) is 5.12. The van der Waals surface area contributed by atoms with Crippen molar-refractivity contribution >= 4 is 17.5 Å². The number of hydrogen-bond acceptors (Lipinski definition) is 11. The number of aliphatic carboxylic acids is 1. The number of carboxylic acids is 1. The van der Waals surface area contributed by atoms with Crippen LogP contribution in [0.3, 0.4) is 0 Å². The van der Waals surface area contributed by atoms with E-state index in [0.717, 1.165) is 0 Å². The van der Waals surface area contributed by atoms with Crippen molar-refractivity contribution in [3.63, 3.8) is 0 Å². The maximum absolute atomic E-state index is 13.2. The lowest BCUT2D eigenvalue weighted by Gasteiger charge is -2.44. The number of carboxylic acid groups (broad SMARTS) is 1. The first kappa shape index (κ1) is 26.8. The smallest absolute Gasteiger partial charge is 0.371 e. The maximum atomic E-state index is 13.2. The molecule has 2 saturated heterocycles. The monoisotopic (exact) mass is 520 g/mol. The minimum Gasteiger partial charge on any atom is -0.502 e. The Bertz CT molecular complexity index is 1080. The molecule has 3 aliphatic heterocycles. The lowest BCUT2D eigenvalue weighted by molar-refractivity contribution is -0.339. The lowest BCUT2D eigenvalue weighted by atomic mass is 9.78. The van der Waals surface area contributed by atoms with Gasteiger partial charge < -0.3 is 49.6 Å². The molecule has 0 unspecified atom stereocenters. The molecular formula is C25H28O12. The molecule has 0 aliphatic carbocycles. The summed E-state index contributed by atoms with van der Waals surface area (Å²) in [5.74, 6) is -5.07. The van der Waals surface area contributed by atoms with Gasteiger partial charge in [-0.15, -0.1) is 6.58 Å². The molecule has 0 bridgehead atoms. The second-order valence-corrected chi connectivity index (χ2v) is 8.88. The Morgan fingerprint density at radius 1 is 1.08 bits per heavy atom. The summed E-state index contributed by atoms with van der Waals surface area (Å²) in [4.78, 5) is 24.7. The number of ether oxygens (including phenoxy) is 4. The van der Waals surface area contributed by atoms with Gasteiger partial charge in [-0.25, -0.2) is 4.79 Å². The molecule has 0 spiro atoms. The minimum absolute atomic E-state index is 0.00901. The zero-order valence-corrected chi connectivity index (χ0v) is 19.5. The zero-order valence-electron chi connectivity index (χ0n) is 19.5. The number of carbonyl (C=O) groups excluding carboxylic acids is 1.